The highest BCUT2D eigenvalue weighted by molar-refractivity contribution is 5.94. The van der Waals surface area contributed by atoms with Gasteiger partial charge in [0.25, 0.3) is 5.91 Å². The van der Waals surface area contributed by atoms with E-state index in [4.69, 9.17) is 9.47 Å². The molecule has 2 aromatic carbocycles. The minimum absolute atomic E-state index is 0.0705. The number of allylic oxidation sites excluding steroid dienone is 1. The summed E-state index contributed by atoms with van der Waals surface area (Å²) in [6.07, 6.45) is 5.55. The fourth-order valence-corrected chi connectivity index (χ4v) is 4.14. The summed E-state index contributed by atoms with van der Waals surface area (Å²) in [6.45, 7) is 6.45. The molecule has 1 N–H and O–H groups in total. The van der Waals surface area contributed by atoms with E-state index in [1.165, 1.54) is 7.11 Å². The van der Waals surface area contributed by atoms with Crippen molar-refractivity contribution in [2.75, 3.05) is 26.8 Å². The highest BCUT2D eigenvalue weighted by Gasteiger charge is 2.26. The van der Waals surface area contributed by atoms with E-state index in [-0.39, 0.29) is 24.5 Å². The van der Waals surface area contributed by atoms with Gasteiger partial charge in [0.2, 0.25) is 0 Å². The molecule has 1 amide bonds. The number of methoxy groups -OCH3 is 1. The summed E-state index contributed by atoms with van der Waals surface area (Å²) in [5.74, 6) is 0.496. The number of ether oxygens (including phenoxy) is 2. The van der Waals surface area contributed by atoms with Gasteiger partial charge in [-0.15, -0.1) is 0 Å². The molecule has 2 aromatic rings. The standard InChI is InChI=1S/C27H36N2O4/c1-20(2)29-17-16-23(18-29)28-27(31)22(11-5-4-6-15-26(30)32-3)19-33-25-14-9-12-21-10-7-8-13-24(21)25/h7-14,20,23H,4-6,15-19H2,1-3H3,(H,28,31). The van der Waals surface area contributed by atoms with Crippen LogP contribution in [0.15, 0.2) is 54.1 Å². The minimum Gasteiger partial charge on any atom is -0.488 e. The van der Waals surface area contributed by atoms with Gasteiger partial charge in [0.1, 0.15) is 12.4 Å². The molecule has 6 heteroatoms. The summed E-state index contributed by atoms with van der Waals surface area (Å²) in [5, 5.41) is 5.34. The molecule has 0 aliphatic carbocycles. The van der Waals surface area contributed by atoms with E-state index in [1.54, 1.807) is 0 Å². The molecule has 3 rings (SSSR count). The summed E-state index contributed by atoms with van der Waals surface area (Å²) in [5.41, 5.74) is 0.629. The zero-order chi connectivity index (χ0) is 23.6. The van der Waals surface area contributed by atoms with Gasteiger partial charge in [-0.2, -0.15) is 0 Å². The van der Waals surface area contributed by atoms with Crippen LogP contribution in [0.3, 0.4) is 0 Å². The third kappa shape index (κ3) is 7.32. The van der Waals surface area contributed by atoms with Crippen molar-refractivity contribution >= 4 is 22.6 Å². The number of rotatable bonds is 11. The number of esters is 1. The van der Waals surface area contributed by atoms with Gasteiger partial charge in [0, 0.05) is 37.0 Å². The van der Waals surface area contributed by atoms with Crippen molar-refractivity contribution in [1.29, 1.82) is 0 Å². The van der Waals surface area contributed by atoms with Crippen molar-refractivity contribution in [3.63, 3.8) is 0 Å². The maximum atomic E-state index is 13.1. The van der Waals surface area contributed by atoms with Gasteiger partial charge in [-0.3, -0.25) is 14.5 Å². The number of nitrogens with one attached hydrogen (secondary N) is 1. The van der Waals surface area contributed by atoms with Crippen molar-refractivity contribution in [3.8, 4) is 5.75 Å². The Labute approximate surface area is 196 Å². The number of unbranched alkanes of at least 4 members (excludes halogenated alkanes) is 2. The quantitative estimate of drug-likeness (QED) is 0.309. The summed E-state index contributed by atoms with van der Waals surface area (Å²) >= 11 is 0. The molecule has 33 heavy (non-hydrogen) atoms. The van der Waals surface area contributed by atoms with E-state index >= 15 is 0 Å². The summed E-state index contributed by atoms with van der Waals surface area (Å²) in [4.78, 5) is 26.8. The van der Waals surface area contributed by atoms with E-state index < -0.39 is 0 Å². The van der Waals surface area contributed by atoms with Crippen LogP contribution in [0.2, 0.25) is 0 Å². The van der Waals surface area contributed by atoms with E-state index in [2.05, 4.69) is 24.1 Å². The molecule has 0 bridgehead atoms. The first-order chi connectivity index (χ1) is 16.0. The van der Waals surface area contributed by atoms with Crippen molar-refractivity contribution in [2.45, 2.75) is 58.0 Å². The minimum atomic E-state index is -0.202. The fourth-order valence-electron chi connectivity index (χ4n) is 4.14. The Morgan fingerprint density at radius 1 is 1.15 bits per heavy atom. The summed E-state index contributed by atoms with van der Waals surface area (Å²) in [7, 11) is 1.40. The molecule has 1 aliphatic heterocycles. The highest BCUT2D eigenvalue weighted by atomic mass is 16.5. The molecule has 1 unspecified atom stereocenters. The number of carbonyl (C=O) groups excluding carboxylic acids is 2. The lowest BCUT2D eigenvalue weighted by Gasteiger charge is -2.21. The Bertz CT molecular complexity index is 964. The van der Waals surface area contributed by atoms with Crippen LogP contribution in [0.4, 0.5) is 0 Å². The predicted molar refractivity (Wildman–Crippen MR) is 131 cm³/mol. The second-order valence-electron chi connectivity index (χ2n) is 8.86. The zero-order valence-electron chi connectivity index (χ0n) is 20.0. The van der Waals surface area contributed by atoms with Crippen LogP contribution >= 0.6 is 0 Å². The summed E-state index contributed by atoms with van der Waals surface area (Å²) in [6, 6.07) is 14.6. The first kappa shape index (κ1) is 24.8. The molecule has 0 saturated carbocycles. The second kappa shape index (κ2) is 12.4. The Hall–Kier alpha value is -2.86. The molecule has 6 nitrogen and oxygen atoms in total. The first-order valence-electron chi connectivity index (χ1n) is 11.9. The first-order valence-corrected chi connectivity index (χ1v) is 11.9. The average molecular weight is 453 g/mol. The Kier molecular flexibility index (Phi) is 9.31. The number of benzene rings is 2. The number of likely N-dealkylation sites (tertiary alicyclic amines) is 1. The SMILES string of the molecule is COC(=O)CCCCC=C(COc1cccc2ccccc12)C(=O)NC1CCN(C(C)C)C1. The maximum absolute atomic E-state index is 13.1. The normalized spacial score (nSPS) is 16.8. The number of nitrogens with zero attached hydrogens (tertiary/aromatic N) is 1. The van der Waals surface area contributed by atoms with E-state index in [9.17, 15) is 9.59 Å². The number of carbonyl (C=O) groups is 2. The lowest BCUT2D eigenvalue weighted by atomic mass is 10.1. The van der Waals surface area contributed by atoms with Crippen molar-refractivity contribution in [2.24, 2.45) is 0 Å². The van der Waals surface area contributed by atoms with Gasteiger partial charge >= 0.3 is 5.97 Å². The molecule has 178 valence electrons. The van der Waals surface area contributed by atoms with Crippen LogP contribution < -0.4 is 10.1 Å². The van der Waals surface area contributed by atoms with Gasteiger partial charge < -0.3 is 14.8 Å². The topological polar surface area (TPSA) is 67.9 Å². The van der Waals surface area contributed by atoms with Gasteiger partial charge in [-0.25, -0.2) is 0 Å². The molecular weight excluding hydrogens is 416 g/mol. The van der Waals surface area contributed by atoms with Gasteiger partial charge in [0.15, 0.2) is 0 Å². The predicted octanol–water partition coefficient (Wildman–Crippen LogP) is 4.48. The molecule has 1 saturated heterocycles. The van der Waals surface area contributed by atoms with Crippen molar-refractivity contribution in [3.05, 3.63) is 54.1 Å². The summed E-state index contributed by atoms with van der Waals surface area (Å²) < 4.78 is 10.8. The Balaban J connectivity index is 1.64. The molecule has 1 heterocycles. The van der Waals surface area contributed by atoms with Crippen molar-refractivity contribution in [1.82, 2.24) is 10.2 Å². The zero-order valence-corrected chi connectivity index (χ0v) is 20.0. The van der Waals surface area contributed by atoms with E-state index in [0.29, 0.717) is 24.5 Å². The smallest absolute Gasteiger partial charge is 0.305 e. The van der Waals surface area contributed by atoms with Gasteiger partial charge in [0.05, 0.1) is 12.7 Å². The van der Waals surface area contributed by atoms with E-state index in [0.717, 1.165) is 48.9 Å². The third-order valence-electron chi connectivity index (χ3n) is 6.16. The van der Waals surface area contributed by atoms with Crippen LogP contribution in [0.25, 0.3) is 10.8 Å². The Morgan fingerprint density at radius 3 is 2.70 bits per heavy atom. The molecule has 0 spiro atoms. The monoisotopic (exact) mass is 452 g/mol. The van der Waals surface area contributed by atoms with Gasteiger partial charge in [-0.05, 0) is 51.0 Å². The van der Waals surface area contributed by atoms with Crippen LogP contribution in [0, 0.1) is 0 Å². The van der Waals surface area contributed by atoms with Crippen LogP contribution in [0.5, 0.6) is 5.75 Å². The van der Waals surface area contributed by atoms with Crippen LogP contribution in [-0.4, -0.2) is 55.7 Å². The lowest BCUT2D eigenvalue weighted by molar-refractivity contribution is -0.140. The largest absolute Gasteiger partial charge is 0.488 e. The van der Waals surface area contributed by atoms with E-state index in [1.807, 2.05) is 48.5 Å². The molecule has 0 aromatic heterocycles. The fraction of sp³-hybridized carbons (Fsp3) is 0.481. The number of hydrogen-bond acceptors (Lipinski definition) is 5. The maximum Gasteiger partial charge on any atom is 0.305 e. The number of fused-ring (bicyclic) bond motifs is 1. The third-order valence-corrected chi connectivity index (χ3v) is 6.16. The van der Waals surface area contributed by atoms with Gasteiger partial charge in [-0.1, -0.05) is 42.5 Å². The average Bonchev–Trinajstić information content (AvgIpc) is 3.29. The second-order valence-corrected chi connectivity index (χ2v) is 8.86. The Morgan fingerprint density at radius 2 is 1.94 bits per heavy atom. The van der Waals surface area contributed by atoms with Crippen molar-refractivity contribution < 1.29 is 19.1 Å². The highest BCUT2D eigenvalue weighted by Crippen LogP contribution is 2.25. The van der Waals surface area contributed by atoms with Crippen LogP contribution in [-0.2, 0) is 14.3 Å². The number of hydrogen-bond donors (Lipinski definition) is 1. The molecule has 1 fully saturated rings. The molecule has 1 aliphatic rings. The molecular formula is C27H36N2O4. The number of amides is 1. The molecule has 0 radical (unpaired) electrons. The lowest BCUT2D eigenvalue weighted by Crippen LogP contribution is -2.39. The molecule has 1 atom stereocenters. The van der Waals surface area contributed by atoms with Crippen LogP contribution in [0.1, 0.15) is 46.0 Å².